The van der Waals surface area contributed by atoms with Crippen LogP contribution in [-0.4, -0.2) is 4.98 Å². The Bertz CT molecular complexity index is 599. The molecule has 1 aromatic heterocycles. The molecule has 1 heterocycles. The Morgan fingerprint density at radius 3 is 2.33 bits per heavy atom. The highest BCUT2D eigenvalue weighted by Crippen LogP contribution is 2.28. The topological polar surface area (TPSA) is 50.9 Å². The summed E-state index contributed by atoms with van der Waals surface area (Å²) in [6.45, 7) is 6.46. The fourth-order valence-electron chi connectivity index (χ4n) is 1.97. The van der Waals surface area contributed by atoms with Crippen LogP contribution in [0.15, 0.2) is 23.6 Å². The first-order valence-electron chi connectivity index (χ1n) is 6.66. The minimum absolute atomic E-state index is 0.0553. The molecule has 0 radical (unpaired) electrons. The molecule has 114 valence electrons. The Kier molecular flexibility index (Phi) is 5.28. The number of rotatable bonds is 4. The molecule has 1 aromatic carbocycles. The van der Waals surface area contributed by atoms with Gasteiger partial charge in [-0.2, -0.15) is 0 Å². The largest absolute Gasteiger partial charge is 0.271 e. The summed E-state index contributed by atoms with van der Waals surface area (Å²) in [4.78, 5) is 4.70. The van der Waals surface area contributed by atoms with E-state index in [1.807, 2.05) is 12.1 Å². The molecule has 0 fully saturated rings. The van der Waals surface area contributed by atoms with Crippen LogP contribution in [-0.2, 0) is 11.8 Å². The molecule has 21 heavy (non-hydrogen) atoms. The van der Waals surface area contributed by atoms with E-state index in [2.05, 4.69) is 31.6 Å². The summed E-state index contributed by atoms with van der Waals surface area (Å²) in [6.07, 6.45) is 0.702. The van der Waals surface area contributed by atoms with E-state index in [1.54, 1.807) is 17.4 Å². The molecule has 0 aliphatic rings. The number of hydrogen-bond donors (Lipinski definition) is 2. The van der Waals surface area contributed by atoms with E-state index in [4.69, 9.17) is 34.0 Å². The first-order chi connectivity index (χ1) is 9.79. The lowest BCUT2D eigenvalue weighted by atomic mass is 9.93. The Morgan fingerprint density at radius 2 is 1.86 bits per heavy atom. The summed E-state index contributed by atoms with van der Waals surface area (Å²) in [7, 11) is 0. The summed E-state index contributed by atoms with van der Waals surface area (Å²) < 4.78 is 0. The van der Waals surface area contributed by atoms with E-state index in [0.717, 1.165) is 16.3 Å². The molecule has 0 aliphatic heterocycles. The van der Waals surface area contributed by atoms with E-state index in [-0.39, 0.29) is 11.5 Å². The smallest absolute Gasteiger partial charge is 0.0948 e. The Labute approximate surface area is 139 Å². The van der Waals surface area contributed by atoms with Gasteiger partial charge < -0.3 is 0 Å². The zero-order valence-electron chi connectivity index (χ0n) is 12.3. The van der Waals surface area contributed by atoms with Crippen LogP contribution >= 0.6 is 34.5 Å². The number of halogens is 2. The van der Waals surface area contributed by atoms with Crippen molar-refractivity contribution < 1.29 is 0 Å². The van der Waals surface area contributed by atoms with Crippen LogP contribution in [0, 0.1) is 0 Å². The third-order valence-corrected chi connectivity index (χ3v) is 4.49. The third-order valence-electron chi connectivity index (χ3n) is 3.19. The van der Waals surface area contributed by atoms with E-state index in [0.29, 0.717) is 16.5 Å². The van der Waals surface area contributed by atoms with Crippen LogP contribution < -0.4 is 11.3 Å². The molecule has 6 heteroatoms. The SMILES string of the molecule is CC(C)(C)c1csc(CC(NN)c2cc(Cl)cc(Cl)c2)n1. The molecule has 0 saturated heterocycles. The monoisotopic (exact) mass is 343 g/mol. The van der Waals surface area contributed by atoms with Gasteiger partial charge in [0.15, 0.2) is 0 Å². The molecule has 2 rings (SSSR count). The zero-order valence-corrected chi connectivity index (χ0v) is 14.6. The molecule has 1 atom stereocenters. The van der Waals surface area contributed by atoms with Gasteiger partial charge in [-0.1, -0.05) is 44.0 Å². The number of benzene rings is 1. The Morgan fingerprint density at radius 1 is 1.24 bits per heavy atom. The zero-order chi connectivity index (χ0) is 15.6. The van der Waals surface area contributed by atoms with Crippen LogP contribution in [0.2, 0.25) is 10.0 Å². The Hall–Kier alpha value is -0.650. The normalized spacial score (nSPS) is 13.4. The number of hydrogen-bond acceptors (Lipinski definition) is 4. The number of nitrogens with one attached hydrogen (secondary N) is 1. The van der Waals surface area contributed by atoms with Crippen molar-refractivity contribution in [3.8, 4) is 0 Å². The maximum Gasteiger partial charge on any atom is 0.0948 e. The lowest BCUT2D eigenvalue weighted by Gasteiger charge is -2.16. The van der Waals surface area contributed by atoms with E-state index < -0.39 is 0 Å². The van der Waals surface area contributed by atoms with Crippen molar-refractivity contribution in [3.63, 3.8) is 0 Å². The van der Waals surface area contributed by atoms with Gasteiger partial charge in [-0.15, -0.1) is 11.3 Å². The average molecular weight is 344 g/mol. The minimum Gasteiger partial charge on any atom is -0.271 e. The van der Waals surface area contributed by atoms with Gasteiger partial charge >= 0.3 is 0 Å². The predicted molar refractivity (Wildman–Crippen MR) is 91.0 cm³/mol. The molecule has 1 unspecified atom stereocenters. The second-order valence-corrected chi connectivity index (χ2v) is 7.82. The van der Waals surface area contributed by atoms with E-state index in [9.17, 15) is 0 Å². The number of nitrogens with two attached hydrogens (primary N) is 1. The molecular weight excluding hydrogens is 325 g/mol. The van der Waals surface area contributed by atoms with Gasteiger partial charge in [0.25, 0.3) is 0 Å². The molecular formula is C15H19Cl2N3S. The summed E-state index contributed by atoms with van der Waals surface area (Å²) in [5.74, 6) is 5.69. The van der Waals surface area contributed by atoms with E-state index in [1.165, 1.54) is 0 Å². The van der Waals surface area contributed by atoms with Crippen molar-refractivity contribution >= 4 is 34.5 Å². The van der Waals surface area contributed by atoms with Gasteiger partial charge in [0.2, 0.25) is 0 Å². The van der Waals surface area contributed by atoms with Crippen molar-refractivity contribution in [2.75, 3.05) is 0 Å². The summed E-state index contributed by atoms with van der Waals surface area (Å²) in [6, 6.07) is 5.38. The van der Waals surface area contributed by atoms with Crippen molar-refractivity contribution in [2.24, 2.45) is 5.84 Å². The second-order valence-electron chi connectivity index (χ2n) is 6.00. The molecule has 0 amide bonds. The molecule has 0 spiro atoms. The molecule has 0 bridgehead atoms. The summed E-state index contributed by atoms with van der Waals surface area (Å²) >= 11 is 13.8. The maximum atomic E-state index is 6.05. The number of aromatic nitrogens is 1. The fraction of sp³-hybridized carbons (Fsp3) is 0.400. The summed E-state index contributed by atoms with van der Waals surface area (Å²) in [5.41, 5.74) is 4.93. The first kappa shape index (κ1) is 16.7. The Balaban J connectivity index is 2.21. The number of thiazole rings is 1. The van der Waals surface area contributed by atoms with E-state index >= 15 is 0 Å². The maximum absolute atomic E-state index is 6.05. The van der Waals surface area contributed by atoms with Gasteiger partial charge in [0, 0.05) is 27.3 Å². The average Bonchev–Trinajstić information content (AvgIpc) is 2.83. The van der Waals surface area contributed by atoms with Crippen LogP contribution in [0.4, 0.5) is 0 Å². The highest BCUT2D eigenvalue weighted by molar-refractivity contribution is 7.09. The van der Waals surface area contributed by atoms with Crippen LogP contribution in [0.1, 0.15) is 43.1 Å². The molecule has 3 nitrogen and oxygen atoms in total. The third kappa shape index (κ3) is 4.41. The molecule has 3 N–H and O–H groups in total. The predicted octanol–water partition coefficient (Wildman–Crippen LogP) is 4.49. The van der Waals surface area contributed by atoms with Gasteiger partial charge in [-0.3, -0.25) is 11.3 Å². The fourth-order valence-corrected chi connectivity index (χ4v) is 3.58. The van der Waals surface area contributed by atoms with Gasteiger partial charge in [-0.25, -0.2) is 4.98 Å². The van der Waals surface area contributed by atoms with Crippen LogP contribution in [0.3, 0.4) is 0 Å². The second kappa shape index (κ2) is 6.63. The number of hydrazine groups is 1. The van der Waals surface area contributed by atoms with Gasteiger partial charge in [-0.05, 0) is 23.8 Å². The molecule has 0 aliphatic carbocycles. The quantitative estimate of drug-likeness (QED) is 0.634. The number of nitrogens with zero attached hydrogens (tertiary/aromatic N) is 1. The van der Waals surface area contributed by atoms with Crippen molar-refractivity contribution in [3.05, 3.63) is 49.9 Å². The van der Waals surface area contributed by atoms with Crippen LogP contribution in [0.25, 0.3) is 0 Å². The molecule has 2 aromatic rings. The highest BCUT2D eigenvalue weighted by Gasteiger charge is 2.19. The van der Waals surface area contributed by atoms with Crippen molar-refractivity contribution in [1.82, 2.24) is 10.4 Å². The summed E-state index contributed by atoms with van der Waals surface area (Å²) in [5, 5.41) is 4.35. The highest BCUT2D eigenvalue weighted by atomic mass is 35.5. The molecule has 0 saturated carbocycles. The van der Waals surface area contributed by atoms with Gasteiger partial charge in [0.1, 0.15) is 0 Å². The minimum atomic E-state index is -0.0693. The first-order valence-corrected chi connectivity index (χ1v) is 8.30. The van der Waals surface area contributed by atoms with Crippen molar-refractivity contribution in [1.29, 1.82) is 0 Å². The van der Waals surface area contributed by atoms with Crippen molar-refractivity contribution in [2.45, 2.75) is 38.6 Å². The van der Waals surface area contributed by atoms with Gasteiger partial charge in [0.05, 0.1) is 16.7 Å². The standard InChI is InChI=1S/C15H19Cl2N3S/c1-15(2,3)13-8-21-14(19-13)7-12(20-18)9-4-10(16)6-11(17)5-9/h4-6,8,12,20H,7,18H2,1-3H3. The van der Waals surface area contributed by atoms with Crippen LogP contribution in [0.5, 0.6) is 0 Å². The lowest BCUT2D eigenvalue weighted by molar-refractivity contribution is 0.541. The lowest BCUT2D eigenvalue weighted by Crippen LogP contribution is -2.29.